The number of tetrazole rings is 1. The molecule has 4 heterocycles. The molecule has 158 valence electrons. The number of nitrogens with one attached hydrogen (secondary N) is 1. The molecule has 0 unspecified atom stereocenters. The summed E-state index contributed by atoms with van der Waals surface area (Å²) in [6.45, 7) is 5.87. The lowest BCUT2D eigenvalue weighted by Crippen LogP contribution is -2.21. The summed E-state index contributed by atoms with van der Waals surface area (Å²) in [5, 5.41) is 19.7. The van der Waals surface area contributed by atoms with Crippen LogP contribution >= 0.6 is 23.2 Å². The summed E-state index contributed by atoms with van der Waals surface area (Å²) in [6, 6.07) is 3.31. The zero-order valence-electron chi connectivity index (χ0n) is 16.8. The van der Waals surface area contributed by atoms with Gasteiger partial charge in [0, 0.05) is 23.2 Å². The van der Waals surface area contributed by atoms with Gasteiger partial charge in [0.05, 0.1) is 28.5 Å². The van der Waals surface area contributed by atoms with Crippen molar-refractivity contribution < 1.29 is 4.79 Å². The molecule has 12 heteroatoms. The van der Waals surface area contributed by atoms with Gasteiger partial charge in [-0.05, 0) is 24.6 Å². The average molecular weight is 458 g/mol. The van der Waals surface area contributed by atoms with Crippen LogP contribution in [0.3, 0.4) is 0 Å². The van der Waals surface area contributed by atoms with Gasteiger partial charge in [-0.25, -0.2) is 14.5 Å². The zero-order chi connectivity index (χ0) is 21.9. The number of pyridine rings is 1. The van der Waals surface area contributed by atoms with Crippen molar-refractivity contribution in [2.24, 2.45) is 0 Å². The van der Waals surface area contributed by atoms with Crippen molar-refractivity contribution in [3.8, 4) is 5.82 Å². The average Bonchev–Trinajstić information content (AvgIpc) is 3.36. The molecular formula is C19H17Cl2N9O. The molecule has 1 aliphatic rings. The first-order valence-electron chi connectivity index (χ1n) is 9.51. The molecule has 0 aromatic carbocycles. The fourth-order valence-electron chi connectivity index (χ4n) is 4.05. The second-order valence-electron chi connectivity index (χ2n) is 8.08. The topological polar surface area (TPSA) is 116 Å². The summed E-state index contributed by atoms with van der Waals surface area (Å²) in [5.74, 6) is 0.253. The molecule has 1 atom stereocenters. The van der Waals surface area contributed by atoms with Crippen molar-refractivity contribution in [1.82, 2.24) is 39.8 Å². The molecule has 0 saturated heterocycles. The van der Waals surface area contributed by atoms with Gasteiger partial charge in [0.25, 0.3) is 0 Å². The summed E-state index contributed by atoms with van der Waals surface area (Å²) in [4.78, 5) is 23.1. The van der Waals surface area contributed by atoms with E-state index < -0.39 is 5.92 Å². The van der Waals surface area contributed by atoms with Gasteiger partial charge in [-0.1, -0.05) is 37.0 Å². The summed E-state index contributed by atoms with van der Waals surface area (Å²) in [6.07, 6.45) is 3.84. The lowest BCUT2D eigenvalue weighted by molar-refractivity contribution is -0.117. The minimum atomic E-state index is -0.400. The quantitative estimate of drug-likeness (QED) is 0.502. The van der Waals surface area contributed by atoms with Crippen molar-refractivity contribution >= 4 is 40.4 Å². The zero-order valence-corrected chi connectivity index (χ0v) is 18.3. The molecule has 0 saturated carbocycles. The molecule has 4 aromatic heterocycles. The highest BCUT2D eigenvalue weighted by molar-refractivity contribution is 6.32. The Morgan fingerprint density at radius 3 is 2.71 bits per heavy atom. The van der Waals surface area contributed by atoms with Crippen molar-refractivity contribution in [1.29, 1.82) is 0 Å². The Labute approximate surface area is 186 Å². The molecule has 0 spiro atoms. The van der Waals surface area contributed by atoms with E-state index in [4.69, 9.17) is 23.2 Å². The molecule has 1 N–H and O–H groups in total. The highest BCUT2D eigenvalue weighted by atomic mass is 35.5. The Bertz CT molecular complexity index is 1340. The Kier molecular flexibility index (Phi) is 4.45. The van der Waals surface area contributed by atoms with Gasteiger partial charge in [-0.3, -0.25) is 4.79 Å². The lowest BCUT2D eigenvalue weighted by atomic mass is 9.88. The van der Waals surface area contributed by atoms with Crippen molar-refractivity contribution in [2.75, 3.05) is 5.32 Å². The van der Waals surface area contributed by atoms with E-state index in [1.807, 2.05) is 0 Å². The fraction of sp³-hybridized carbons (Fsp3) is 0.316. The van der Waals surface area contributed by atoms with Crippen LogP contribution in [-0.4, -0.2) is 45.7 Å². The van der Waals surface area contributed by atoms with E-state index in [2.05, 4.69) is 49.6 Å². The van der Waals surface area contributed by atoms with Gasteiger partial charge in [0.1, 0.15) is 0 Å². The first kappa shape index (κ1) is 19.8. The van der Waals surface area contributed by atoms with Crippen LogP contribution in [0, 0.1) is 6.92 Å². The summed E-state index contributed by atoms with van der Waals surface area (Å²) in [7, 11) is 0. The molecule has 1 aliphatic carbocycles. The summed E-state index contributed by atoms with van der Waals surface area (Å²) in [5.41, 5.74) is 2.60. The molecule has 31 heavy (non-hydrogen) atoms. The summed E-state index contributed by atoms with van der Waals surface area (Å²) >= 11 is 12.4. The van der Waals surface area contributed by atoms with E-state index >= 15 is 0 Å². The molecule has 0 radical (unpaired) electrons. The molecule has 0 fully saturated rings. The third kappa shape index (κ3) is 3.31. The molecule has 5 rings (SSSR count). The fourth-order valence-corrected chi connectivity index (χ4v) is 4.47. The van der Waals surface area contributed by atoms with Crippen molar-refractivity contribution in [3.63, 3.8) is 0 Å². The Morgan fingerprint density at radius 2 is 2.00 bits per heavy atom. The highest BCUT2D eigenvalue weighted by Gasteiger charge is 2.43. The van der Waals surface area contributed by atoms with Gasteiger partial charge < -0.3 is 5.32 Å². The normalized spacial score (nSPS) is 17.1. The SMILES string of the molecule is Cc1nnn(-c2ncc(NC(=O)[C@@H]3CC(C)(C)c4c3cnc3cc(Cl)nn43)cc2Cl)n1. The van der Waals surface area contributed by atoms with Crippen LogP contribution in [0.25, 0.3) is 11.5 Å². The molecular weight excluding hydrogens is 441 g/mol. The summed E-state index contributed by atoms with van der Waals surface area (Å²) < 4.78 is 1.73. The van der Waals surface area contributed by atoms with Crippen LogP contribution in [0.2, 0.25) is 10.2 Å². The smallest absolute Gasteiger partial charge is 0.232 e. The van der Waals surface area contributed by atoms with Gasteiger partial charge in [-0.2, -0.15) is 5.10 Å². The van der Waals surface area contributed by atoms with E-state index in [9.17, 15) is 4.79 Å². The van der Waals surface area contributed by atoms with Gasteiger partial charge in [0.2, 0.25) is 5.91 Å². The molecule has 10 nitrogen and oxygen atoms in total. The second kappa shape index (κ2) is 6.96. The molecule has 4 aromatic rings. The maximum absolute atomic E-state index is 13.2. The molecule has 1 amide bonds. The number of fused-ring (bicyclic) bond motifs is 3. The standard InChI is InChI=1S/C19H17Cl2N9O/c1-9-25-28-30(26-9)17-13(20)4-10(7-23-17)24-18(31)11-6-19(2,3)16-12(11)8-22-15-5-14(21)27-29(15)16/h4-5,7-8,11H,6H2,1-3H3,(H,24,31)/t11-/m1/s1. The Hall–Kier alpha value is -3.11. The predicted octanol–water partition coefficient (Wildman–Crippen LogP) is 3.12. The number of carbonyl (C=O) groups excluding carboxylic acids is 1. The maximum atomic E-state index is 13.2. The molecule has 0 aliphatic heterocycles. The minimum Gasteiger partial charge on any atom is -0.324 e. The van der Waals surface area contributed by atoms with Gasteiger partial charge in [0.15, 0.2) is 22.4 Å². The number of hydrogen-bond donors (Lipinski definition) is 1. The van der Waals surface area contributed by atoms with E-state index in [0.29, 0.717) is 34.6 Å². The van der Waals surface area contributed by atoms with Crippen LogP contribution < -0.4 is 5.32 Å². The number of nitrogens with zero attached hydrogens (tertiary/aromatic N) is 8. The number of rotatable bonds is 3. The third-order valence-electron chi connectivity index (χ3n) is 5.32. The van der Waals surface area contributed by atoms with Crippen LogP contribution in [-0.2, 0) is 10.2 Å². The van der Waals surface area contributed by atoms with E-state index in [0.717, 1.165) is 11.3 Å². The van der Waals surface area contributed by atoms with Crippen LogP contribution in [0.15, 0.2) is 24.5 Å². The number of anilines is 1. The number of hydrogen-bond acceptors (Lipinski definition) is 7. The van der Waals surface area contributed by atoms with Crippen molar-refractivity contribution in [2.45, 2.75) is 38.5 Å². The highest BCUT2D eigenvalue weighted by Crippen LogP contribution is 2.46. The monoisotopic (exact) mass is 457 g/mol. The van der Waals surface area contributed by atoms with Crippen LogP contribution in [0.5, 0.6) is 0 Å². The number of aryl methyl sites for hydroxylation is 1. The van der Waals surface area contributed by atoms with Crippen LogP contribution in [0.1, 0.15) is 43.3 Å². The maximum Gasteiger partial charge on any atom is 0.232 e. The molecule has 0 bridgehead atoms. The lowest BCUT2D eigenvalue weighted by Gasteiger charge is -2.19. The number of aromatic nitrogens is 8. The van der Waals surface area contributed by atoms with Crippen LogP contribution in [0.4, 0.5) is 5.69 Å². The Balaban J connectivity index is 1.44. The third-order valence-corrected chi connectivity index (χ3v) is 5.78. The van der Waals surface area contributed by atoms with Gasteiger partial charge in [-0.15, -0.1) is 15.0 Å². The van der Waals surface area contributed by atoms with Crippen molar-refractivity contribution in [3.05, 3.63) is 51.8 Å². The number of amides is 1. The van der Waals surface area contributed by atoms with Gasteiger partial charge >= 0.3 is 0 Å². The van der Waals surface area contributed by atoms with E-state index in [1.54, 1.807) is 29.8 Å². The first-order chi connectivity index (χ1) is 14.7. The number of halogens is 2. The largest absolute Gasteiger partial charge is 0.324 e. The van der Waals surface area contributed by atoms with E-state index in [-0.39, 0.29) is 16.3 Å². The first-order valence-corrected chi connectivity index (χ1v) is 10.3. The minimum absolute atomic E-state index is 0.174. The number of carbonyl (C=O) groups is 1. The predicted molar refractivity (Wildman–Crippen MR) is 114 cm³/mol. The van der Waals surface area contributed by atoms with E-state index in [1.165, 1.54) is 11.0 Å². The second-order valence-corrected chi connectivity index (χ2v) is 8.88. The Morgan fingerprint density at radius 1 is 1.19 bits per heavy atom.